The summed E-state index contributed by atoms with van der Waals surface area (Å²) in [6.45, 7) is 4.01. The number of ether oxygens (including phenoxy) is 1. The lowest BCUT2D eigenvalue weighted by molar-refractivity contribution is -0.157. The third-order valence-corrected chi connectivity index (χ3v) is 4.82. The van der Waals surface area contributed by atoms with Crippen molar-refractivity contribution < 1.29 is 14.6 Å². The van der Waals surface area contributed by atoms with E-state index < -0.39 is 5.60 Å². The van der Waals surface area contributed by atoms with Gasteiger partial charge in [-0.1, -0.05) is 13.8 Å². The van der Waals surface area contributed by atoms with E-state index in [2.05, 4.69) is 4.98 Å². The first-order chi connectivity index (χ1) is 8.39. The third-order valence-electron chi connectivity index (χ3n) is 3.85. The maximum absolute atomic E-state index is 11.8. The zero-order chi connectivity index (χ0) is 13.4. The van der Waals surface area contributed by atoms with E-state index in [-0.39, 0.29) is 17.3 Å². The fourth-order valence-electron chi connectivity index (χ4n) is 2.95. The molecule has 0 amide bonds. The van der Waals surface area contributed by atoms with Crippen LogP contribution in [0.15, 0.2) is 11.6 Å². The van der Waals surface area contributed by atoms with Crippen molar-refractivity contribution in [2.45, 2.75) is 38.7 Å². The fourth-order valence-corrected chi connectivity index (χ4v) is 3.72. The molecule has 1 saturated carbocycles. The standard InChI is InChI=1S/C13H19NO3S/c1-12(2)8-13(16,11-14-6-7-18-11)5-4-9(12)10(15)17-3/h6-7,9,16H,4-5,8H2,1-3H3/t9-,13+/m0/s1. The second-order valence-corrected chi connectivity index (χ2v) is 6.54. The summed E-state index contributed by atoms with van der Waals surface area (Å²) >= 11 is 1.47. The van der Waals surface area contributed by atoms with E-state index in [1.165, 1.54) is 18.4 Å². The van der Waals surface area contributed by atoms with Gasteiger partial charge in [-0.15, -0.1) is 11.3 Å². The summed E-state index contributed by atoms with van der Waals surface area (Å²) in [5, 5.41) is 13.4. The predicted octanol–water partition coefficient (Wildman–Crippen LogP) is 2.33. The van der Waals surface area contributed by atoms with Crippen LogP contribution in [0.4, 0.5) is 0 Å². The minimum atomic E-state index is -0.901. The molecule has 4 nitrogen and oxygen atoms in total. The number of thiazole rings is 1. The number of carbonyl (C=O) groups is 1. The van der Waals surface area contributed by atoms with Crippen LogP contribution in [0.5, 0.6) is 0 Å². The Kier molecular flexibility index (Phi) is 3.47. The largest absolute Gasteiger partial charge is 0.469 e. The number of esters is 1. The normalized spacial score (nSPS) is 31.0. The first-order valence-electron chi connectivity index (χ1n) is 6.09. The molecular weight excluding hydrogens is 250 g/mol. The number of methoxy groups -OCH3 is 1. The third kappa shape index (κ3) is 2.29. The highest BCUT2D eigenvalue weighted by Crippen LogP contribution is 2.50. The number of hydrogen-bond acceptors (Lipinski definition) is 5. The van der Waals surface area contributed by atoms with Gasteiger partial charge in [0, 0.05) is 11.6 Å². The van der Waals surface area contributed by atoms with Crippen LogP contribution in [0.2, 0.25) is 0 Å². The Morgan fingerprint density at radius 3 is 2.83 bits per heavy atom. The minimum Gasteiger partial charge on any atom is -0.469 e. The molecule has 0 radical (unpaired) electrons. The molecule has 1 fully saturated rings. The minimum absolute atomic E-state index is 0.150. The second kappa shape index (κ2) is 4.63. The van der Waals surface area contributed by atoms with Crippen LogP contribution in [-0.4, -0.2) is 23.2 Å². The van der Waals surface area contributed by atoms with Gasteiger partial charge >= 0.3 is 5.97 Å². The smallest absolute Gasteiger partial charge is 0.309 e. The molecular formula is C13H19NO3S. The van der Waals surface area contributed by atoms with Crippen molar-refractivity contribution in [1.29, 1.82) is 0 Å². The Hall–Kier alpha value is -0.940. The number of rotatable bonds is 2. The first kappa shape index (κ1) is 13.5. The van der Waals surface area contributed by atoms with E-state index in [4.69, 9.17) is 4.74 Å². The molecule has 0 spiro atoms. The van der Waals surface area contributed by atoms with Gasteiger partial charge in [0.25, 0.3) is 0 Å². The lowest BCUT2D eigenvalue weighted by Gasteiger charge is -2.44. The molecule has 0 saturated heterocycles. The highest BCUT2D eigenvalue weighted by molar-refractivity contribution is 7.09. The van der Waals surface area contributed by atoms with Crippen LogP contribution in [0.3, 0.4) is 0 Å². The molecule has 0 aliphatic heterocycles. The lowest BCUT2D eigenvalue weighted by Crippen LogP contribution is -2.45. The Balaban J connectivity index is 2.22. The number of carbonyl (C=O) groups excluding carboxylic acids is 1. The molecule has 5 heteroatoms. The summed E-state index contributed by atoms with van der Waals surface area (Å²) in [5.74, 6) is -0.330. The van der Waals surface area contributed by atoms with E-state index in [9.17, 15) is 9.90 Å². The number of nitrogens with zero attached hydrogens (tertiary/aromatic N) is 1. The SMILES string of the molecule is COC(=O)[C@@H]1CC[C@](O)(c2nccs2)CC1(C)C. The maximum atomic E-state index is 11.8. The van der Waals surface area contributed by atoms with Crippen LogP contribution in [0.25, 0.3) is 0 Å². The summed E-state index contributed by atoms with van der Waals surface area (Å²) < 4.78 is 4.85. The van der Waals surface area contributed by atoms with Gasteiger partial charge < -0.3 is 9.84 Å². The van der Waals surface area contributed by atoms with Crippen molar-refractivity contribution >= 4 is 17.3 Å². The summed E-state index contributed by atoms with van der Waals surface area (Å²) in [5.41, 5.74) is -1.19. The van der Waals surface area contributed by atoms with Gasteiger partial charge in [0.1, 0.15) is 10.6 Å². The van der Waals surface area contributed by atoms with E-state index >= 15 is 0 Å². The summed E-state index contributed by atoms with van der Waals surface area (Å²) in [6, 6.07) is 0. The summed E-state index contributed by atoms with van der Waals surface area (Å²) in [4.78, 5) is 16.0. The van der Waals surface area contributed by atoms with Crippen LogP contribution in [-0.2, 0) is 15.1 Å². The maximum Gasteiger partial charge on any atom is 0.309 e. The molecule has 1 aromatic rings. The molecule has 1 aliphatic carbocycles. The highest BCUT2D eigenvalue weighted by Gasteiger charge is 2.49. The second-order valence-electron chi connectivity index (χ2n) is 5.65. The zero-order valence-electron chi connectivity index (χ0n) is 11.0. The van der Waals surface area contributed by atoms with Crippen molar-refractivity contribution in [1.82, 2.24) is 4.98 Å². The summed E-state index contributed by atoms with van der Waals surface area (Å²) in [6.07, 6.45) is 3.43. The van der Waals surface area contributed by atoms with E-state index in [0.717, 1.165) is 5.01 Å². The van der Waals surface area contributed by atoms with Crippen LogP contribution >= 0.6 is 11.3 Å². The molecule has 100 valence electrons. The zero-order valence-corrected chi connectivity index (χ0v) is 11.8. The van der Waals surface area contributed by atoms with Gasteiger partial charge in [-0.3, -0.25) is 4.79 Å². The summed E-state index contributed by atoms with van der Waals surface area (Å²) in [7, 11) is 1.42. The van der Waals surface area contributed by atoms with Crippen molar-refractivity contribution in [3.8, 4) is 0 Å². The number of hydrogen-bond donors (Lipinski definition) is 1. The lowest BCUT2D eigenvalue weighted by atomic mass is 9.63. The Bertz CT molecular complexity index is 429. The monoisotopic (exact) mass is 269 g/mol. The molecule has 2 atom stereocenters. The van der Waals surface area contributed by atoms with E-state index in [1.807, 2.05) is 19.2 Å². The van der Waals surface area contributed by atoms with Crippen LogP contribution < -0.4 is 0 Å². The molecule has 0 bridgehead atoms. The van der Waals surface area contributed by atoms with Gasteiger partial charge in [-0.2, -0.15) is 0 Å². The number of aliphatic hydroxyl groups is 1. The Morgan fingerprint density at radius 2 is 2.33 bits per heavy atom. The van der Waals surface area contributed by atoms with Crippen molar-refractivity contribution in [3.63, 3.8) is 0 Å². The fraction of sp³-hybridized carbons (Fsp3) is 0.692. The molecule has 1 heterocycles. The average molecular weight is 269 g/mol. The van der Waals surface area contributed by atoms with Crippen LogP contribution in [0.1, 0.15) is 38.1 Å². The van der Waals surface area contributed by atoms with Crippen molar-refractivity contribution in [3.05, 3.63) is 16.6 Å². The topological polar surface area (TPSA) is 59.4 Å². The Morgan fingerprint density at radius 1 is 1.61 bits per heavy atom. The molecule has 0 aromatic carbocycles. The molecule has 1 aliphatic rings. The molecule has 1 aromatic heterocycles. The molecule has 0 unspecified atom stereocenters. The average Bonchev–Trinajstić information content (AvgIpc) is 2.81. The molecule has 18 heavy (non-hydrogen) atoms. The highest BCUT2D eigenvalue weighted by atomic mass is 32.1. The van der Waals surface area contributed by atoms with Crippen molar-refractivity contribution in [2.75, 3.05) is 7.11 Å². The van der Waals surface area contributed by atoms with Crippen LogP contribution in [0, 0.1) is 11.3 Å². The van der Waals surface area contributed by atoms with Crippen molar-refractivity contribution in [2.24, 2.45) is 11.3 Å². The van der Waals surface area contributed by atoms with Gasteiger partial charge in [-0.25, -0.2) is 4.98 Å². The quantitative estimate of drug-likeness (QED) is 0.837. The predicted molar refractivity (Wildman–Crippen MR) is 69.1 cm³/mol. The Labute approximate surface area is 111 Å². The van der Waals surface area contributed by atoms with Gasteiger partial charge in [0.15, 0.2) is 0 Å². The van der Waals surface area contributed by atoms with Gasteiger partial charge in [0.2, 0.25) is 0 Å². The van der Waals surface area contributed by atoms with Gasteiger partial charge in [0.05, 0.1) is 13.0 Å². The molecule has 2 rings (SSSR count). The van der Waals surface area contributed by atoms with Gasteiger partial charge in [-0.05, 0) is 24.7 Å². The molecule has 1 N–H and O–H groups in total. The number of aromatic nitrogens is 1. The first-order valence-corrected chi connectivity index (χ1v) is 6.97. The van der Waals surface area contributed by atoms with E-state index in [1.54, 1.807) is 6.20 Å². The van der Waals surface area contributed by atoms with E-state index in [0.29, 0.717) is 19.3 Å².